The molecular weight excluding hydrogens is 366 g/mol. The zero-order valence-corrected chi connectivity index (χ0v) is 16.0. The molecule has 2 N–H and O–H groups in total. The highest BCUT2D eigenvalue weighted by Crippen LogP contribution is 2.26. The molecule has 0 saturated heterocycles. The molecular formula is C19H19N3O4S. The molecule has 0 radical (unpaired) electrons. The van der Waals surface area contributed by atoms with Gasteiger partial charge in [0.25, 0.3) is 5.91 Å². The number of aromatic amines is 1. The van der Waals surface area contributed by atoms with Crippen molar-refractivity contribution >= 4 is 35.1 Å². The number of para-hydroxylation sites is 1. The number of H-pyrrole nitrogens is 1. The second-order valence-corrected chi connectivity index (χ2v) is 6.77. The zero-order valence-electron chi connectivity index (χ0n) is 15.2. The van der Waals surface area contributed by atoms with Crippen LogP contribution in [0.1, 0.15) is 39.0 Å². The Balaban J connectivity index is 2.01. The molecule has 0 unspecified atom stereocenters. The monoisotopic (exact) mass is 385 g/mol. The molecule has 0 aliphatic carbocycles. The van der Waals surface area contributed by atoms with Gasteiger partial charge in [-0.05, 0) is 38.5 Å². The van der Waals surface area contributed by atoms with E-state index in [2.05, 4.69) is 10.3 Å². The van der Waals surface area contributed by atoms with E-state index in [1.54, 1.807) is 38.1 Å². The van der Waals surface area contributed by atoms with Crippen LogP contribution in [0.25, 0.3) is 0 Å². The van der Waals surface area contributed by atoms with E-state index < -0.39 is 18.5 Å². The van der Waals surface area contributed by atoms with Crippen LogP contribution in [0.5, 0.6) is 0 Å². The number of aryl methyl sites for hydroxylation is 1. The Bertz CT molecular complexity index is 928. The van der Waals surface area contributed by atoms with Gasteiger partial charge in [-0.3, -0.25) is 9.59 Å². The largest absolute Gasteiger partial charge is 0.451 e. The normalized spacial score (nSPS) is 10.1. The highest BCUT2D eigenvalue weighted by Gasteiger charge is 2.21. The highest BCUT2D eigenvalue weighted by molar-refractivity contribution is 7.99. The number of benzene rings is 1. The number of aromatic nitrogens is 1. The lowest BCUT2D eigenvalue weighted by Crippen LogP contribution is -2.21. The van der Waals surface area contributed by atoms with Crippen LogP contribution in [0.4, 0.5) is 5.69 Å². The summed E-state index contributed by atoms with van der Waals surface area (Å²) in [5.41, 5.74) is 2.25. The first-order valence-electron chi connectivity index (χ1n) is 8.11. The Labute approximate surface area is 161 Å². The average Bonchev–Trinajstić information content (AvgIpc) is 2.93. The number of nitrogens with one attached hydrogen (secondary N) is 2. The fourth-order valence-corrected chi connectivity index (χ4v) is 3.35. The molecule has 140 valence electrons. The average molecular weight is 385 g/mol. The Hall–Kier alpha value is -3.05. The molecule has 0 spiro atoms. The summed E-state index contributed by atoms with van der Waals surface area (Å²) >= 11 is 1.30. The standard InChI is InChI=1S/C19H19N3O4S/c1-11-17(13(3)23)12(2)21-18(11)19(25)26-10-16(24)22-14-6-4-5-7-15(14)27-9-8-20/h4-7,21H,9-10H2,1-3H3,(H,22,24). The van der Waals surface area contributed by atoms with Gasteiger partial charge in [-0.15, -0.1) is 11.8 Å². The number of Topliss-reactive ketones (excluding diaryl/α,β-unsaturated/α-hetero) is 1. The molecule has 8 heteroatoms. The molecule has 7 nitrogen and oxygen atoms in total. The molecule has 1 aromatic carbocycles. The number of nitrogens with zero attached hydrogens (tertiary/aromatic N) is 1. The fraction of sp³-hybridized carbons (Fsp3) is 0.263. The minimum atomic E-state index is -0.703. The Kier molecular flexibility index (Phi) is 6.79. The number of hydrogen-bond acceptors (Lipinski definition) is 6. The van der Waals surface area contributed by atoms with Crippen LogP contribution in [0.2, 0.25) is 0 Å². The lowest BCUT2D eigenvalue weighted by Gasteiger charge is -2.10. The Morgan fingerprint density at radius 1 is 1.26 bits per heavy atom. The third kappa shape index (κ3) is 4.99. The number of hydrogen-bond donors (Lipinski definition) is 2. The molecule has 1 aromatic heterocycles. The number of thioether (sulfide) groups is 1. The maximum absolute atomic E-state index is 12.2. The molecule has 0 saturated carbocycles. The first-order chi connectivity index (χ1) is 12.8. The maximum Gasteiger partial charge on any atom is 0.355 e. The highest BCUT2D eigenvalue weighted by atomic mass is 32.2. The van der Waals surface area contributed by atoms with Gasteiger partial charge in [0.05, 0.1) is 17.5 Å². The molecule has 0 aliphatic rings. The minimum absolute atomic E-state index is 0.149. The summed E-state index contributed by atoms with van der Waals surface area (Å²) in [5, 5.41) is 11.4. The minimum Gasteiger partial charge on any atom is -0.451 e. The summed E-state index contributed by atoms with van der Waals surface area (Å²) in [6.07, 6.45) is 0. The van der Waals surface area contributed by atoms with Crippen molar-refractivity contribution in [3.8, 4) is 6.07 Å². The molecule has 2 rings (SSSR count). The number of nitriles is 1. The van der Waals surface area contributed by atoms with E-state index >= 15 is 0 Å². The van der Waals surface area contributed by atoms with E-state index in [-0.39, 0.29) is 17.2 Å². The van der Waals surface area contributed by atoms with Gasteiger partial charge in [-0.25, -0.2) is 4.79 Å². The summed E-state index contributed by atoms with van der Waals surface area (Å²) in [6.45, 7) is 4.30. The van der Waals surface area contributed by atoms with E-state index in [9.17, 15) is 14.4 Å². The summed E-state index contributed by atoms with van der Waals surface area (Å²) in [4.78, 5) is 39.6. The van der Waals surface area contributed by atoms with Crippen molar-refractivity contribution in [2.45, 2.75) is 25.7 Å². The van der Waals surface area contributed by atoms with E-state index in [4.69, 9.17) is 10.00 Å². The van der Waals surface area contributed by atoms with Gasteiger partial charge in [0, 0.05) is 16.2 Å². The number of ketones is 1. The van der Waals surface area contributed by atoms with Crippen LogP contribution < -0.4 is 5.32 Å². The van der Waals surface area contributed by atoms with Crippen LogP contribution in [0.15, 0.2) is 29.2 Å². The summed E-state index contributed by atoms with van der Waals surface area (Å²) in [5.74, 6) is -1.10. The van der Waals surface area contributed by atoms with Crippen molar-refractivity contribution in [1.29, 1.82) is 5.26 Å². The van der Waals surface area contributed by atoms with Crippen molar-refractivity contribution in [3.63, 3.8) is 0 Å². The van der Waals surface area contributed by atoms with Gasteiger partial charge in [0.15, 0.2) is 12.4 Å². The van der Waals surface area contributed by atoms with Crippen LogP contribution in [-0.2, 0) is 9.53 Å². The van der Waals surface area contributed by atoms with Gasteiger partial charge in [-0.1, -0.05) is 12.1 Å². The molecule has 0 bridgehead atoms. The van der Waals surface area contributed by atoms with Crippen LogP contribution >= 0.6 is 11.8 Å². The number of amides is 1. The number of esters is 1. The van der Waals surface area contributed by atoms with Crippen LogP contribution in [0.3, 0.4) is 0 Å². The van der Waals surface area contributed by atoms with Crippen LogP contribution in [-0.4, -0.2) is 35.0 Å². The first kappa shape index (κ1) is 20.3. The molecule has 1 amide bonds. The van der Waals surface area contributed by atoms with Gasteiger partial charge in [0.2, 0.25) is 0 Å². The topological polar surface area (TPSA) is 112 Å². The first-order valence-corrected chi connectivity index (χ1v) is 9.09. The van der Waals surface area contributed by atoms with E-state index in [1.165, 1.54) is 18.7 Å². The van der Waals surface area contributed by atoms with E-state index in [1.807, 2.05) is 6.07 Å². The van der Waals surface area contributed by atoms with Gasteiger partial charge in [0.1, 0.15) is 5.69 Å². The summed E-state index contributed by atoms with van der Waals surface area (Å²) in [7, 11) is 0. The molecule has 0 atom stereocenters. The van der Waals surface area contributed by atoms with Crippen molar-refractivity contribution < 1.29 is 19.1 Å². The summed E-state index contributed by atoms with van der Waals surface area (Å²) in [6, 6.07) is 9.08. The Morgan fingerprint density at radius 3 is 2.59 bits per heavy atom. The third-order valence-electron chi connectivity index (χ3n) is 3.78. The van der Waals surface area contributed by atoms with Gasteiger partial charge < -0.3 is 15.0 Å². The van der Waals surface area contributed by atoms with Crippen molar-refractivity contribution in [3.05, 3.63) is 46.8 Å². The molecule has 2 aromatic rings. The quantitative estimate of drug-likeness (QED) is 0.430. The number of rotatable bonds is 7. The lowest BCUT2D eigenvalue weighted by atomic mass is 10.1. The fourth-order valence-electron chi connectivity index (χ4n) is 2.68. The number of ether oxygens (including phenoxy) is 1. The molecule has 0 aliphatic heterocycles. The maximum atomic E-state index is 12.2. The predicted molar refractivity (Wildman–Crippen MR) is 102 cm³/mol. The molecule has 0 fully saturated rings. The Morgan fingerprint density at radius 2 is 1.96 bits per heavy atom. The number of anilines is 1. The van der Waals surface area contributed by atoms with E-state index in [0.29, 0.717) is 22.5 Å². The van der Waals surface area contributed by atoms with Gasteiger partial charge in [-0.2, -0.15) is 5.26 Å². The van der Waals surface area contributed by atoms with Crippen molar-refractivity contribution in [2.75, 3.05) is 17.7 Å². The smallest absolute Gasteiger partial charge is 0.355 e. The summed E-state index contributed by atoms with van der Waals surface area (Å²) < 4.78 is 5.06. The molecule has 1 heterocycles. The molecule has 27 heavy (non-hydrogen) atoms. The van der Waals surface area contributed by atoms with Gasteiger partial charge >= 0.3 is 5.97 Å². The predicted octanol–water partition coefficient (Wildman–Crippen LogP) is 3.25. The van der Waals surface area contributed by atoms with Crippen LogP contribution in [0, 0.1) is 25.2 Å². The number of carbonyl (C=O) groups is 3. The van der Waals surface area contributed by atoms with Crippen molar-refractivity contribution in [1.82, 2.24) is 4.98 Å². The lowest BCUT2D eigenvalue weighted by molar-refractivity contribution is -0.119. The second kappa shape index (κ2) is 9.05. The number of carbonyl (C=O) groups excluding carboxylic acids is 3. The second-order valence-electron chi connectivity index (χ2n) is 5.75. The third-order valence-corrected chi connectivity index (χ3v) is 4.72. The van der Waals surface area contributed by atoms with E-state index in [0.717, 1.165) is 4.90 Å². The van der Waals surface area contributed by atoms with Crippen molar-refractivity contribution in [2.24, 2.45) is 0 Å². The zero-order chi connectivity index (χ0) is 20.0. The SMILES string of the molecule is CC(=O)c1c(C)[nH]c(C(=O)OCC(=O)Nc2ccccc2SCC#N)c1C.